The van der Waals surface area contributed by atoms with Crippen LogP contribution in [-0.2, 0) is 0 Å². The van der Waals surface area contributed by atoms with Crippen LogP contribution in [0.3, 0.4) is 0 Å². The molecule has 78 valence electrons. The van der Waals surface area contributed by atoms with Gasteiger partial charge in [0.15, 0.2) is 5.34 Å². The Kier molecular flexibility index (Phi) is 4.91. The molecule has 1 aliphatic carbocycles. The molecule has 1 rings (SSSR count). The first kappa shape index (κ1) is 12.4. The summed E-state index contributed by atoms with van der Waals surface area (Å²) in [6.07, 6.45) is 3.78. The first-order chi connectivity index (χ1) is 5.91. The van der Waals surface area contributed by atoms with Crippen LogP contribution in [0.15, 0.2) is 5.34 Å². The molecule has 0 aromatic carbocycles. The highest BCUT2D eigenvalue weighted by atomic mass is 16.6. The van der Waals surface area contributed by atoms with Crippen molar-refractivity contribution in [1.82, 2.24) is 0 Å². The van der Waals surface area contributed by atoms with Gasteiger partial charge in [0.2, 0.25) is 0 Å². The van der Waals surface area contributed by atoms with Crippen LogP contribution < -0.4 is 5.73 Å². The molecule has 2 unspecified atom stereocenters. The van der Waals surface area contributed by atoms with Crippen molar-refractivity contribution < 1.29 is 5.21 Å². The lowest BCUT2D eigenvalue weighted by Crippen LogP contribution is -2.36. The first-order valence-electron chi connectivity index (χ1n) is 4.63. The average Bonchev–Trinajstić information content (AvgIpc) is 1.81. The van der Waals surface area contributed by atoms with Crippen molar-refractivity contribution in [3.05, 3.63) is 4.91 Å². The van der Waals surface area contributed by atoms with Crippen LogP contribution in [0.25, 0.3) is 0 Å². The SMILES string of the molecule is CC1CC(N)CC(C)(C)C1.O=NO. The normalized spacial score (nSPS) is 31.4. The lowest BCUT2D eigenvalue weighted by molar-refractivity contribution is 0.170. The molecule has 0 radical (unpaired) electrons. The van der Waals surface area contributed by atoms with E-state index in [1.165, 1.54) is 24.6 Å². The van der Waals surface area contributed by atoms with Crippen LogP contribution in [0.5, 0.6) is 0 Å². The van der Waals surface area contributed by atoms with Gasteiger partial charge in [-0.05, 0) is 30.6 Å². The minimum atomic E-state index is 0.457. The van der Waals surface area contributed by atoms with Crippen molar-refractivity contribution in [1.29, 1.82) is 0 Å². The van der Waals surface area contributed by atoms with Gasteiger partial charge >= 0.3 is 0 Å². The summed E-state index contributed by atoms with van der Waals surface area (Å²) < 4.78 is 0. The van der Waals surface area contributed by atoms with E-state index in [4.69, 9.17) is 15.8 Å². The zero-order chi connectivity index (χ0) is 10.5. The Balaban J connectivity index is 0.000000424. The maximum Gasteiger partial charge on any atom is 0.152 e. The number of nitrogens with two attached hydrogens (primary N) is 1. The highest BCUT2D eigenvalue weighted by Gasteiger charge is 2.29. The van der Waals surface area contributed by atoms with Crippen LogP contribution >= 0.6 is 0 Å². The number of rotatable bonds is 0. The standard InChI is InChI=1S/C9H19N.HNO2/c1-7-4-8(10)6-9(2,3)5-7;2-1-3/h7-8H,4-6,10H2,1-3H3;(H,2,3). The summed E-state index contributed by atoms with van der Waals surface area (Å²) in [5, 5.41) is 7.89. The van der Waals surface area contributed by atoms with E-state index in [2.05, 4.69) is 20.8 Å². The fraction of sp³-hybridized carbons (Fsp3) is 1.00. The highest BCUT2D eigenvalue weighted by Crippen LogP contribution is 2.37. The molecule has 0 saturated heterocycles. The van der Waals surface area contributed by atoms with Crippen molar-refractivity contribution in [3.8, 4) is 0 Å². The lowest BCUT2D eigenvalue weighted by Gasteiger charge is -2.37. The van der Waals surface area contributed by atoms with E-state index < -0.39 is 0 Å². The Hall–Kier alpha value is -0.640. The molecule has 0 aromatic rings. The molecule has 1 saturated carbocycles. The van der Waals surface area contributed by atoms with E-state index >= 15 is 0 Å². The van der Waals surface area contributed by atoms with Crippen molar-refractivity contribution in [3.63, 3.8) is 0 Å². The molecule has 0 aromatic heterocycles. The second kappa shape index (κ2) is 5.17. The highest BCUT2D eigenvalue weighted by molar-refractivity contribution is 4.84. The fourth-order valence-electron chi connectivity index (χ4n) is 2.42. The largest absolute Gasteiger partial charge is 0.379 e. The molecular weight excluding hydrogens is 168 g/mol. The molecule has 1 fully saturated rings. The van der Waals surface area contributed by atoms with Gasteiger partial charge in [-0.25, -0.2) is 0 Å². The van der Waals surface area contributed by atoms with Gasteiger partial charge in [-0.2, -0.15) is 0 Å². The molecule has 0 spiro atoms. The van der Waals surface area contributed by atoms with Gasteiger partial charge in [-0.15, -0.1) is 4.91 Å². The summed E-state index contributed by atoms with van der Waals surface area (Å²) in [7, 11) is 0. The smallest absolute Gasteiger partial charge is 0.152 e. The molecule has 1 aliphatic rings. The average molecular weight is 188 g/mol. The lowest BCUT2D eigenvalue weighted by atomic mass is 9.71. The van der Waals surface area contributed by atoms with E-state index in [1.807, 2.05) is 0 Å². The monoisotopic (exact) mass is 188 g/mol. The van der Waals surface area contributed by atoms with Gasteiger partial charge in [-0.3, -0.25) is 0 Å². The third-order valence-electron chi connectivity index (χ3n) is 2.42. The van der Waals surface area contributed by atoms with E-state index in [0.29, 0.717) is 11.5 Å². The molecule has 0 aliphatic heterocycles. The topological polar surface area (TPSA) is 75.7 Å². The number of hydrogen-bond acceptors (Lipinski definition) is 3. The summed E-state index contributed by atoms with van der Waals surface area (Å²) >= 11 is 0. The van der Waals surface area contributed by atoms with Crippen molar-refractivity contribution in [2.75, 3.05) is 0 Å². The summed E-state index contributed by atoms with van der Waals surface area (Å²) in [4.78, 5) is 8.11. The van der Waals surface area contributed by atoms with Crippen molar-refractivity contribution in [2.45, 2.75) is 46.1 Å². The van der Waals surface area contributed by atoms with Crippen LogP contribution in [0, 0.1) is 16.2 Å². The third kappa shape index (κ3) is 5.58. The van der Waals surface area contributed by atoms with Crippen LogP contribution in [0.2, 0.25) is 0 Å². The van der Waals surface area contributed by atoms with Crippen molar-refractivity contribution in [2.24, 2.45) is 22.4 Å². The van der Waals surface area contributed by atoms with E-state index in [-0.39, 0.29) is 0 Å². The van der Waals surface area contributed by atoms with E-state index in [9.17, 15) is 0 Å². The Labute approximate surface area is 79.4 Å². The summed E-state index contributed by atoms with van der Waals surface area (Å²) in [5.41, 5.74) is 6.40. The molecule has 3 N–H and O–H groups in total. The van der Waals surface area contributed by atoms with Gasteiger partial charge < -0.3 is 10.9 Å². The van der Waals surface area contributed by atoms with Crippen LogP contribution in [-0.4, -0.2) is 11.2 Å². The summed E-state index contributed by atoms with van der Waals surface area (Å²) in [6, 6.07) is 0.457. The molecule has 0 amide bonds. The second-order valence-electron chi connectivity index (χ2n) is 4.76. The quantitative estimate of drug-likeness (QED) is 0.452. The molecule has 4 nitrogen and oxygen atoms in total. The van der Waals surface area contributed by atoms with Gasteiger partial charge in [-0.1, -0.05) is 20.8 Å². The summed E-state index contributed by atoms with van der Waals surface area (Å²) in [5.74, 6) is 0.832. The van der Waals surface area contributed by atoms with Crippen LogP contribution in [0.4, 0.5) is 0 Å². The summed E-state index contributed by atoms with van der Waals surface area (Å²) in [6.45, 7) is 6.95. The molecule has 2 atom stereocenters. The maximum absolute atomic E-state index is 8.11. The molecule has 0 bridgehead atoms. The molecular formula is C9H20N2O2. The van der Waals surface area contributed by atoms with Crippen molar-refractivity contribution >= 4 is 0 Å². The Morgan fingerprint density at radius 2 is 1.92 bits per heavy atom. The minimum Gasteiger partial charge on any atom is -0.379 e. The Morgan fingerprint density at radius 3 is 2.23 bits per heavy atom. The predicted molar refractivity (Wildman–Crippen MR) is 52.4 cm³/mol. The first-order valence-corrected chi connectivity index (χ1v) is 4.63. The zero-order valence-corrected chi connectivity index (χ0v) is 8.66. The molecule has 0 heterocycles. The number of hydrogen-bond donors (Lipinski definition) is 2. The van der Waals surface area contributed by atoms with Gasteiger partial charge in [0.25, 0.3) is 0 Å². The third-order valence-corrected chi connectivity index (χ3v) is 2.42. The van der Waals surface area contributed by atoms with Gasteiger partial charge in [0.1, 0.15) is 0 Å². The molecule has 4 heteroatoms. The Morgan fingerprint density at radius 1 is 1.46 bits per heavy atom. The van der Waals surface area contributed by atoms with Gasteiger partial charge in [0, 0.05) is 6.04 Å². The fourth-order valence-corrected chi connectivity index (χ4v) is 2.42. The van der Waals surface area contributed by atoms with Crippen LogP contribution in [0.1, 0.15) is 40.0 Å². The zero-order valence-electron chi connectivity index (χ0n) is 8.66. The molecule has 13 heavy (non-hydrogen) atoms. The second-order valence-corrected chi connectivity index (χ2v) is 4.76. The minimum absolute atomic E-state index is 0.457. The van der Waals surface area contributed by atoms with E-state index in [1.54, 1.807) is 0 Å². The predicted octanol–water partition coefficient (Wildman–Crippen LogP) is 2.30. The van der Waals surface area contributed by atoms with Gasteiger partial charge in [0.05, 0.1) is 0 Å². The number of nitrogens with zero attached hydrogens (tertiary/aromatic N) is 1. The Bertz CT molecular complexity index is 148. The van der Waals surface area contributed by atoms with E-state index in [0.717, 1.165) is 5.92 Å². The maximum atomic E-state index is 8.11.